The predicted molar refractivity (Wildman–Crippen MR) is 88.1 cm³/mol. The third-order valence-electron chi connectivity index (χ3n) is 2.95. The van der Waals surface area contributed by atoms with Gasteiger partial charge in [-0.1, -0.05) is 12.1 Å². The molecular formula is C17H18FN3O2. The predicted octanol–water partition coefficient (Wildman–Crippen LogP) is 3.61. The number of nitrogens with one attached hydrogen (secondary N) is 3. The number of hydrogen-bond acceptors (Lipinski definition) is 2. The van der Waals surface area contributed by atoms with Crippen LogP contribution in [0.1, 0.15) is 24.2 Å². The van der Waals surface area contributed by atoms with E-state index in [4.69, 9.17) is 0 Å². The maximum absolute atomic E-state index is 12.9. The Morgan fingerprint density at radius 2 is 1.48 bits per heavy atom. The van der Waals surface area contributed by atoms with Crippen LogP contribution in [0.5, 0.6) is 0 Å². The molecule has 2 aromatic carbocycles. The van der Waals surface area contributed by atoms with Crippen molar-refractivity contribution in [2.75, 3.05) is 10.6 Å². The number of hydrogen-bond donors (Lipinski definition) is 3. The van der Waals surface area contributed by atoms with E-state index in [-0.39, 0.29) is 18.0 Å². The van der Waals surface area contributed by atoms with Gasteiger partial charge in [-0.25, -0.2) is 9.18 Å². The van der Waals surface area contributed by atoms with Crippen LogP contribution in [0.15, 0.2) is 48.5 Å². The number of anilines is 2. The molecule has 23 heavy (non-hydrogen) atoms. The van der Waals surface area contributed by atoms with E-state index >= 15 is 0 Å². The van der Waals surface area contributed by atoms with E-state index in [2.05, 4.69) is 16.0 Å². The molecular weight excluding hydrogens is 297 g/mol. The van der Waals surface area contributed by atoms with Gasteiger partial charge in [0.05, 0.1) is 11.4 Å². The summed E-state index contributed by atoms with van der Waals surface area (Å²) in [5.74, 6) is -0.794. The minimum absolute atomic E-state index is 0.00373. The lowest BCUT2D eigenvalue weighted by atomic mass is 10.2. The highest BCUT2D eigenvalue weighted by Crippen LogP contribution is 2.21. The fourth-order valence-corrected chi connectivity index (χ4v) is 1.92. The van der Waals surface area contributed by atoms with Crippen LogP contribution in [-0.2, 0) is 0 Å². The molecule has 3 amide bonds. The number of benzene rings is 2. The molecule has 0 spiro atoms. The van der Waals surface area contributed by atoms with E-state index in [1.807, 2.05) is 13.8 Å². The largest absolute Gasteiger partial charge is 0.336 e. The van der Waals surface area contributed by atoms with Crippen LogP contribution < -0.4 is 16.0 Å². The smallest absolute Gasteiger partial charge is 0.319 e. The Bertz CT molecular complexity index is 699. The molecule has 0 aliphatic carbocycles. The van der Waals surface area contributed by atoms with Crippen LogP contribution in [0.2, 0.25) is 0 Å². The average Bonchev–Trinajstić information content (AvgIpc) is 2.49. The van der Waals surface area contributed by atoms with Gasteiger partial charge >= 0.3 is 6.03 Å². The van der Waals surface area contributed by atoms with Crippen LogP contribution in [0.25, 0.3) is 0 Å². The minimum Gasteiger partial charge on any atom is -0.336 e. The molecule has 6 heteroatoms. The minimum atomic E-state index is -0.408. The molecule has 0 aliphatic rings. The molecule has 3 N–H and O–H groups in total. The fourth-order valence-electron chi connectivity index (χ4n) is 1.92. The van der Waals surface area contributed by atoms with Crippen molar-refractivity contribution in [3.63, 3.8) is 0 Å². The summed E-state index contributed by atoms with van der Waals surface area (Å²) in [7, 11) is 0. The Morgan fingerprint density at radius 3 is 2.04 bits per heavy atom. The quantitative estimate of drug-likeness (QED) is 0.806. The van der Waals surface area contributed by atoms with Gasteiger partial charge in [0.15, 0.2) is 0 Å². The van der Waals surface area contributed by atoms with Crippen LogP contribution in [0.4, 0.5) is 20.6 Å². The van der Waals surface area contributed by atoms with E-state index in [0.717, 1.165) is 0 Å². The monoisotopic (exact) mass is 315 g/mol. The van der Waals surface area contributed by atoms with Gasteiger partial charge in [-0.05, 0) is 50.2 Å². The van der Waals surface area contributed by atoms with Crippen LogP contribution in [0, 0.1) is 5.82 Å². The first-order valence-electron chi connectivity index (χ1n) is 7.19. The van der Waals surface area contributed by atoms with Gasteiger partial charge < -0.3 is 16.0 Å². The van der Waals surface area contributed by atoms with Crippen molar-refractivity contribution < 1.29 is 14.0 Å². The maximum atomic E-state index is 12.9. The lowest BCUT2D eigenvalue weighted by molar-refractivity contribution is 0.102. The Morgan fingerprint density at radius 1 is 0.913 bits per heavy atom. The topological polar surface area (TPSA) is 70.2 Å². The standard InChI is InChI=1S/C17H18FN3O2/c1-11(2)19-17(23)21-15-6-4-3-5-14(15)20-16(22)12-7-9-13(18)10-8-12/h3-11H,1-2H3,(H,20,22)(H2,19,21,23). The summed E-state index contributed by atoms with van der Waals surface area (Å²) in [5.41, 5.74) is 1.26. The summed E-state index contributed by atoms with van der Waals surface area (Å²) in [5, 5.41) is 8.09. The Balaban J connectivity index is 2.12. The molecule has 5 nitrogen and oxygen atoms in total. The number of amides is 3. The van der Waals surface area contributed by atoms with Gasteiger partial charge in [0, 0.05) is 11.6 Å². The molecule has 0 aliphatic heterocycles. The summed E-state index contributed by atoms with van der Waals surface area (Å²) in [6.07, 6.45) is 0. The van der Waals surface area contributed by atoms with Gasteiger partial charge in [-0.15, -0.1) is 0 Å². The molecule has 0 fully saturated rings. The highest BCUT2D eigenvalue weighted by molar-refractivity contribution is 6.07. The van der Waals surface area contributed by atoms with Crippen LogP contribution in [-0.4, -0.2) is 18.0 Å². The van der Waals surface area contributed by atoms with Crippen molar-refractivity contribution in [1.82, 2.24) is 5.32 Å². The first-order chi connectivity index (χ1) is 11.0. The maximum Gasteiger partial charge on any atom is 0.319 e. The zero-order chi connectivity index (χ0) is 16.8. The van der Waals surface area contributed by atoms with E-state index < -0.39 is 5.82 Å². The average molecular weight is 315 g/mol. The molecule has 0 atom stereocenters. The molecule has 2 aromatic rings. The van der Waals surface area contributed by atoms with Crippen LogP contribution >= 0.6 is 0 Å². The summed E-state index contributed by atoms with van der Waals surface area (Å²) in [6.45, 7) is 3.70. The number of para-hydroxylation sites is 2. The van der Waals surface area contributed by atoms with Crippen LogP contribution in [0.3, 0.4) is 0 Å². The number of halogens is 1. The van der Waals surface area contributed by atoms with Crippen molar-refractivity contribution in [2.45, 2.75) is 19.9 Å². The highest BCUT2D eigenvalue weighted by Gasteiger charge is 2.11. The highest BCUT2D eigenvalue weighted by atomic mass is 19.1. The second-order valence-corrected chi connectivity index (χ2v) is 5.26. The number of carbonyl (C=O) groups is 2. The van der Waals surface area contributed by atoms with E-state index in [1.54, 1.807) is 24.3 Å². The number of urea groups is 1. The van der Waals surface area contributed by atoms with Crippen molar-refractivity contribution in [3.05, 3.63) is 59.9 Å². The molecule has 0 radical (unpaired) electrons. The molecule has 0 heterocycles. The molecule has 0 saturated carbocycles. The molecule has 120 valence electrons. The Kier molecular flexibility index (Phi) is 5.30. The molecule has 0 saturated heterocycles. The van der Waals surface area contributed by atoms with Gasteiger partial charge in [-0.3, -0.25) is 4.79 Å². The first kappa shape index (κ1) is 16.5. The molecule has 0 bridgehead atoms. The first-order valence-corrected chi connectivity index (χ1v) is 7.19. The zero-order valence-corrected chi connectivity index (χ0v) is 12.9. The van der Waals surface area contributed by atoms with Gasteiger partial charge in [0.25, 0.3) is 5.91 Å². The summed E-state index contributed by atoms with van der Waals surface area (Å²) >= 11 is 0. The Hall–Kier alpha value is -2.89. The van der Waals surface area contributed by atoms with E-state index in [0.29, 0.717) is 16.9 Å². The summed E-state index contributed by atoms with van der Waals surface area (Å²) in [6, 6.07) is 11.7. The Labute approximate surface area is 133 Å². The van der Waals surface area contributed by atoms with Crippen molar-refractivity contribution in [1.29, 1.82) is 0 Å². The lowest BCUT2D eigenvalue weighted by Gasteiger charge is -2.14. The normalized spacial score (nSPS) is 10.3. The third-order valence-corrected chi connectivity index (χ3v) is 2.95. The number of carbonyl (C=O) groups excluding carboxylic acids is 2. The van der Waals surface area contributed by atoms with E-state index in [9.17, 15) is 14.0 Å². The van der Waals surface area contributed by atoms with E-state index in [1.165, 1.54) is 24.3 Å². The van der Waals surface area contributed by atoms with Gasteiger partial charge in [0.1, 0.15) is 5.82 Å². The second-order valence-electron chi connectivity index (χ2n) is 5.26. The van der Waals surface area contributed by atoms with Gasteiger partial charge in [0.2, 0.25) is 0 Å². The van der Waals surface area contributed by atoms with Crippen molar-refractivity contribution in [3.8, 4) is 0 Å². The third kappa shape index (κ3) is 4.81. The molecule has 0 aromatic heterocycles. The van der Waals surface area contributed by atoms with Crippen molar-refractivity contribution in [2.24, 2.45) is 0 Å². The fraction of sp³-hybridized carbons (Fsp3) is 0.176. The number of rotatable bonds is 4. The lowest BCUT2D eigenvalue weighted by Crippen LogP contribution is -2.34. The van der Waals surface area contributed by atoms with Gasteiger partial charge in [-0.2, -0.15) is 0 Å². The second kappa shape index (κ2) is 7.40. The molecule has 0 unspecified atom stereocenters. The van der Waals surface area contributed by atoms with Crippen molar-refractivity contribution >= 4 is 23.3 Å². The zero-order valence-electron chi connectivity index (χ0n) is 12.9. The molecule has 2 rings (SSSR count). The SMILES string of the molecule is CC(C)NC(=O)Nc1ccccc1NC(=O)c1ccc(F)cc1. The summed E-state index contributed by atoms with van der Waals surface area (Å²) in [4.78, 5) is 24.0. The summed E-state index contributed by atoms with van der Waals surface area (Å²) < 4.78 is 12.9.